The van der Waals surface area contributed by atoms with Gasteiger partial charge in [-0.1, -0.05) is 46.7 Å². The molecule has 7 nitrogen and oxygen atoms in total. The molecular formula is C28H22Cl2N2O5S. The molecule has 2 aromatic carbocycles. The van der Waals surface area contributed by atoms with E-state index in [1.807, 2.05) is 12.1 Å². The van der Waals surface area contributed by atoms with E-state index >= 15 is 0 Å². The smallest absolute Gasteiger partial charge is 0.338 e. The maximum absolute atomic E-state index is 13.7. The summed E-state index contributed by atoms with van der Waals surface area (Å²) in [5, 5.41) is 1.03. The molecule has 0 saturated carbocycles. The summed E-state index contributed by atoms with van der Waals surface area (Å²) in [5.74, 6) is 1.13. The van der Waals surface area contributed by atoms with Crippen molar-refractivity contribution in [2.24, 2.45) is 4.99 Å². The number of aromatic nitrogens is 1. The second kappa shape index (κ2) is 10.6. The maximum atomic E-state index is 13.7. The molecule has 194 valence electrons. The highest BCUT2D eigenvalue weighted by molar-refractivity contribution is 7.07. The lowest BCUT2D eigenvalue weighted by Gasteiger charge is -2.24. The summed E-state index contributed by atoms with van der Waals surface area (Å²) in [4.78, 5) is 31.8. The Bertz CT molecular complexity index is 1750. The number of esters is 1. The van der Waals surface area contributed by atoms with Gasteiger partial charge in [0.2, 0.25) is 0 Å². The van der Waals surface area contributed by atoms with Crippen molar-refractivity contribution in [1.29, 1.82) is 0 Å². The van der Waals surface area contributed by atoms with Crippen LogP contribution in [0.3, 0.4) is 0 Å². The number of fused-ring (bicyclic) bond motifs is 1. The number of ether oxygens (including phenoxy) is 2. The van der Waals surface area contributed by atoms with Crippen LogP contribution >= 0.6 is 34.5 Å². The minimum Gasteiger partial charge on any atom is -0.497 e. The average Bonchev–Trinajstić information content (AvgIpc) is 3.49. The normalized spacial score (nSPS) is 15.3. The maximum Gasteiger partial charge on any atom is 0.338 e. The van der Waals surface area contributed by atoms with Crippen molar-refractivity contribution < 1.29 is 18.7 Å². The Morgan fingerprint density at radius 2 is 1.92 bits per heavy atom. The Kier molecular flexibility index (Phi) is 7.29. The van der Waals surface area contributed by atoms with Gasteiger partial charge in [0.15, 0.2) is 4.80 Å². The molecule has 0 bridgehead atoms. The van der Waals surface area contributed by atoms with Crippen LogP contribution in [-0.2, 0) is 9.53 Å². The van der Waals surface area contributed by atoms with Crippen molar-refractivity contribution in [3.63, 3.8) is 0 Å². The number of furan rings is 1. The monoisotopic (exact) mass is 568 g/mol. The van der Waals surface area contributed by atoms with Gasteiger partial charge in [0.05, 0.1) is 40.6 Å². The molecule has 1 aliphatic rings. The highest BCUT2D eigenvalue weighted by atomic mass is 35.5. The summed E-state index contributed by atoms with van der Waals surface area (Å²) in [6, 6.07) is 15.1. The van der Waals surface area contributed by atoms with Crippen molar-refractivity contribution in [3.05, 3.63) is 107 Å². The molecule has 3 heterocycles. The van der Waals surface area contributed by atoms with Crippen molar-refractivity contribution in [2.75, 3.05) is 13.7 Å². The van der Waals surface area contributed by atoms with E-state index in [-0.39, 0.29) is 12.2 Å². The molecule has 0 fully saturated rings. The van der Waals surface area contributed by atoms with Crippen molar-refractivity contribution >= 4 is 46.6 Å². The minimum absolute atomic E-state index is 0.201. The Morgan fingerprint density at radius 1 is 1.16 bits per heavy atom. The van der Waals surface area contributed by atoms with Crippen LogP contribution in [0.15, 0.2) is 80.1 Å². The van der Waals surface area contributed by atoms with E-state index in [0.29, 0.717) is 53.5 Å². The number of benzene rings is 2. The molecule has 10 heteroatoms. The number of methoxy groups -OCH3 is 1. The van der Waals surface area contributed by atoms with E-state index < -0.39 is 12.0 Å². The second-order valence-electron chi connectivity index (χ2n) is 8.40. The van der Waals surface area contributed by atoms with Crippen LogP contribution in [0.2, 0.25) is 10.0 Å². The fourth-order valence-electron chi connectivity index (χ4n) is 4.28. The summed E-state index contributed by atoms with van der Waals surface area (Å²) < 4.78 is 18.5. The molecule has 1 aliphatic heterocycles. The molecule has 0 radical (unpaired) electrons. The third-order valence-electron chi connectivity index (χ3n) is 6.04. The second-order valence-corrected chi connectivity index (χ2v) is 10.3. The number of hydrogen-bond donors (Lipinski definition) is 0. The van der Waals surface area contributed by atoms with E-state index in [9.17, 15) is 9.59 Å². The molecule has 2 aromatic heterocycles. The van der Waals surface area contributed by atoms with Crippen LogP contribution in [0, 0.1) is 0 Å². The van der Waals surface area contributed by atoms with Gasteiger partial charge in [-0.05, 0) is 61.9 Å². The average molecular weight is 569 g/mol. The van der Waals surface area contributed by atoms with Gasteiger partial charge < -0.3 is 13.9 Å². The van der Waals surface area contributed by atoms with Gasteiger partial charge in [-0.15, -0.1) is 0 Å². The van der Waals surface area contributed by atoms with E-state index in [1.54, 1.807) is 69.5 Å². The predicted octanol–water partition coefficient (Wildman–Crippen LogP) is 5.37. The van der Waals surface area contributed by atoms with E-state index in [1.165, 1.54) is 15.9 Å². The zero-order valence-corrected chi connectivity index (χ0v) is 23.0. The van der Waals surface area contributed by atoms with Gasteiger partial charge in [-0.25, -0.2) is 9.79 Å². The van der Waals surface area contributed by atoms with Crippen molar-refractivity contribution in [3.8, 4) is 17.1 Å². The summed E-state index contributed by atoms with van der Waals surface area (Å²) in [6.07, 6.45) is 1.65. The van der Waals surface area contributed by atoms with Crippen LogP contribution in [0.1, 0.15) is 31.2 Å². The topological polar surface area (TPSA) is 83.0 Å². The molecule has 38 heavy (non-hydrogen) atoms. The van der Waals surface area contributed by atoms with E-state index in [2.05, 4.69) is 4.99 Å². The highest BCUT2D eigenvalue weighted by Crippen LogP contribution is 2.33. The Labute approximate surface area is 231 Å². The number of carbonyl (C=O) groups is 1. The highest BCUT2D eigenvalue weighted by Gasteiger charge is 2.33. The number of allylic oxidation sites excluding steroid dienone is 1. The first-order valence-electron chi connectivity index (χ1n) is 11.7. The Hall–Kier alpha value is -3.59. The molecule has 1 atom stereocenters. The fraction of sp³-hybridized carbons (Fsp3) is 0.179. The zero-order valence-electron chi connectivity index (χ0n) is 20.7. The van der Waals surface area contributed by atoms with Crippen LogP contribution in [-0.4, -0.2) is 24.3 Å². The Morgan fingerprint density at radius 3 is 2.63 bits per heavy atom. The molecule has 0 N–H and O–H groups in total. The summed E-state index contributed by atoms with van der Waals surface area (Å²) >= 11 is 13.7. The van der Waals surface area contributed by atoms with Crippen LogP contribution in [0.25, 0.3) is 17.4 Å². The van der Waals surface area contributed by atoms with Crippen molar-refractivity contribution in [2.45, 2.75) is 19.9 Å². The predicted molar refractivity (Wildman–Crippen MR) is 148 cm³/mol. The molecule has 5 rings (SSSR count). The van der Waals surface area contributed by atoms with Gasteiger partial charge in [-0.3, -0.25) is 9.36 Å². The number of rotatable bonds is 6. The van der Waals surface area contributed by atoms with Gasteiger partial charge in [0, 0.05) is 16.7 Å². The van der Waals surface area contributed by atoms with Gasteiger partial charge in [0.1, 0.15) is 17.3 Å². The molecule has 4 aromatic rings. The largest absolute Gasteiger partial charge is 0.497 e. The van der Waals surface area contributed by atoms with Crippen LogP contribution in [0.5, 0.6) is 5.75 Å². The van der Waals surface area contributed by atoms with E-state index in [4.69, 9.17) is 37.1 Å². The Balaban J connectivity index is 1.64. The summed E-state index contributed by atoms with van der Waals surface area (Å²) in [6.45, 7) is 3.68. The third-order valence-corrected chi connectivity index (χ3v) is 7.59. The molecular weight excluding hydrogens is 547 g/mol. The number of thiazole rings is 1. The third kappa shape index (κ3) is 4.82. The lowest BCUT2D eigenvalue weighted by molar-refractivity contribution is -0.139. The SMILES string of the molecule is CCOC(=O)C1=C(C)N=c2s/c(=C/c3ccc(-c4cc(Cl)ccc4Cl)o3)c(=O)n2[C@@H]1c1ccc(OC)cc1. The fourth-order valence-corrected chi connectivity index (χ4v) is 5.69. The first-order valence-corrected chi connectivity index (χ1v) is 13.3. The zero-order chi connectivity index (χ0) is 27.0. The quantitative estimate of drug-likeness (QED) is 0.292. The lowest BCUT2D eigenvalue weighted by Crippen LogP contribution is -2.39. The molecule has 0 aliphatic carbocycles. The number of nitrogens with zero attached hydrogens (tertiary/aromatic N) is 2. The molecule has 0 amide bonds. The first-order chi connectivity index (χ1) is 18.3. The summed E-state index contributed by atoms with van der Waals surface area (Å²) in [5.41, 5.74) is 1.88. The molecule has 0 unspecified atom stereocenters. The van der Waals surface area contributed by atoms with E-state index in [0.717, 1.165) is 5.56 Å². The number of carbonyl (C=O) groups excluding carboxylic acids is 1. The summed E-state index contributed by atoms with van der Waals surface area (Å²) in [7, 11) is 1.58. The van der Waals surface area contributed by atoms with Crippen LogP contribution in [0.4, 0.5) is 0 Å². The lowest BCUT2D eigenvalue weighted by atomic mass is 9.96. The van der Waals surface area contributed by atoms with Crippen LogP contribution < -0.4 is 19.6 Å². The number of halogens is 2. The standard InChI is InChI=1S/C28H22Cl2N2O5S/c1-4-36-27(34)24-15(2)31-28-32(25(24)16-5-8-18(35-3)9-6-16)26(33)23(38-28)14-19-10-12-22(37-19)20-13-17(29)7-11-21(20)30/h5-14,25H,4H2,1-3H3/b23-14+/t25-/m1/s1. The molecule has 0 saturated heterocycles. The number of hydrogen-bond acceptors (Lipinski definition) is 7. The van der Waals surface area contributed by atoms with Gasteiger partial charge in [-0.2, -0.15) is 0 Å². The minimum atomic E-state index is -0.712. The van der Waals surface area contributed by atoms with Gasteiger partial charge in [0.25, 0.3) is 5.56 Å². The first kappa shape index (κ1) is 26.0. The van der Waals surface area contributed by atoms with Crippen molar-refractivity contribution in [1.82, 2.24) is 4.57 Å². The molecule has 0 spiro atoms. The van der Waals surface area contributed by atoms with Gasteiger partial charge >= 0.3 is 5.97 Å².